The molecular weight excluding hydrogens is 369 g/mol. The number of likely N-dealkylation sites (tertiary alicyclic amines) is 1. The second-order valence-electron chi connectivity index (χ2n) is 5.97. The van der Waals surface area contributed by atoms with E-state index in [0.717, 1.165) is 17.7 Å². The van der Waals surface area contributed by atoms with Crippen LogP contribution in [0, 0.1) is 17.6 Å². The Morgan fingerprint density at radius 3 is 2.44 bits per heavy atom. The number of nitrogens with zero attached hydrogens (tertiary/aromatic N) is 1. The van der Waals surface area contributed by atoms with Gasteiger partial charge in [-0.05, 0) is 30.2 Å². The van der Waals surface area contributed by atoms with E-state index in [-0.39, 0.29) is 34.8 Å². The molecule has 3 nitrogen and oxygen atoms in total. The highest BCUT2D eigenvalue weighted by atomic mass is 35.5. The van der Waals surface area contributed by atoms with Crippen LogP contribution in [0.25, 0.3) is 0 Å². The first-order valence-electron chi connectivity index (χ1n) is 7.70. The molecule has 0 radical (unpaired) electrons. The van der Waals surface area contributed by atoms with Gasteiger partial charge in [0.25, 0.3) is 5.91 Å². The maximum absolute atomic E-state index is 13.5. The van der Waals surface area contributed by atoms with Crippen molar-refractivity contribution in [1.82, 2.24) is 4.90 Å². The number of benzene rings is 2. The zero-order chi connectivity index (χ0) is 17.3. The van der Waals surface area contributed by atoms with Gasteiger partial charge in [-0.1, -0.05) is 41.9 Å². The SMILES string of the molecule is Cl.NC[C@@H]1CN(C(=O)c2cc(F)c(F)cc2Cl)C[C@H]1c1ccccc1. The number of carbonyl (C=O) groups excluding carboxylic acids is 1. The second-order valence-corrected chi connectivity index (χ2v) is 6.38. The smallest absolute Gasteiger partial charge is 0.255 e. The third kappa shape index (κ3) is 3.94. The molecule has 0 bridgehead atoms. The summed E-state index contributed by atoms with van der Waals surface area (Å²) in [5.41, 5.74) is 6.95. The quantitative estimate of drug-likeness (QED) is 0.814. The van der Waals surface area contributed by atoms with Gasteiger partial charge in [0.2, 0.25) is 0 Å². The predicted molar refractivity (Wildman–Crippen MR) is 96.2 cm³/mol. The van der Waals surface area contributed by atoms with E-state index in [1.54, 1.807) is 4.90 Å². The Kier molecular flexibility index (Phi) is 6.38. The fraction of sp³-hybridized carbons (Fsp3) is 0.278. The third-order valence-corrected chi connectivity index (χ3v) is 4.81. The maximum atomic E-state index is 13.5. The van der Waals surface area contributed by atoms with E-state index >= 15 is 0 Å². The molecule has 1 aliphatic rings. The topological polar surface area (TPSA) is 46.3 Å². The number of nitrogens with two attached hydrogens (primary N) is 1. The number of rotatable bonds is 3. The van der Waals surface area contributed by atoms with Crippen LogP contribution in [-0.2, 0) is 0 Å². The monoisotopic (exact) mass is 386 g/mol. The van der Waals surface area contributed by atoms with Gasteiger partial charge in [-0.3, -0.25) is 4.79 Å². The molecule has 0 saturated carbocycles. The lowest BCUT2D eigenvalue weighted by Crippen LogP contribution is -2.30. The molecule has 1 saturated heterocycles. The van der Waals surface area contributed by atoms with Crippen LogP contribution in [0.4, 0.5) is 8.78 Å². The van der Waals surface area contributed by atoms with Crippen LogP contribution in [-0.4, -0.2) is 30.4 Å². The van der Waals surface area contributed by atoms with Crippen molar-refractivity contribution in [3.63, 3.8) is 0 Å². The van der Waals surface area contributed by atoms with Gasteiger partial charge in [-0.2, -0.15) is 0 Å². The van der Waals surface area contributed by atoms with Gasteiger partial charge in [-0.25, -0.2) is 8.78 Å². The highest BCUT2D eigenvalue weighted by Gasteiger charge is 2.36. The molecule has 7 heteroatoms. The van der Waals surface area contributed by atoms with Crippen molar-refractivity contribution in [1.29, 1.82) is 0 Å². The fourth-order valence-electron chi connectivity index (χ4n) is 3.21. The van der Waals surface area contributed by atoms with Crippen LogP contribution in [0.15, 0.2) is 42.5 Å². The van der Waals surface area contributed by atoms with Crippen LogP contribution in [0.2, 0.25) is 5.02 Å². The van der Waals surface area contributed by atoms with Crippen molar-refractivity contribution in [2.24, 2.45) is 11.7 Å². The molecule has 1 fully saturated rings. The summed E-state index contributed by atoms with van der Waals surface area (Å²) >= 11 is 5.92. The largest absolute Gasteiger partial charge is 0.338 e. The summed E-state index contributed by atoms with van der Waals surface area (Å²) in [4.78, 5) is 14.3. The average molecular weight is 387 g/mol. The predicted octanol–water partition coefficient (Wildman–Crippen LogP) is 3.85. The van der Waals surface area contributed by atoms with Crippen LogP contribution < -0.4 is 5.73 Å². The number of hydrogen-bond donors (Lipinski definition) is 1. The molecule has 134 valence electrons. The van der Waals surface area contributed by atoms with Crippen molar-refractivity contribution in [2.75, 3.05) is 19.6 Å². The van der Waals surface area contributed by atoms with Crippen molar-refractivity contribution in [3.8, 4) is 0 Å². The molecule has 0 aliphatic carbocycles. The van der Waals surface area contributed by atoms with E-state index in [1.165, 1.54) is 0 Å². The Bertz CT molecular complexity index is 758. The van der Waals surface area contributed by atoms with Crippen LogP contribution in [0.5, 0.6) is 0 Å². The molecule has 0 aromatic heterocycles. The van der Waals surface area contributed by atoms with E-state index in [4.69, 9.17) is 17.3 Å². The van der Waals surface area contributed by atoms with Crippen LogP contribution in [0.3, 0.4) is 0 Å². The summed E-state index contributed by atoms with van der Waals surface area (Å²) in [5, 5.41) is -0.0913. The Morgan fingerprint density at radius 1 is 1.16 bits per heavy atom. The van der Waals surface area contributed by atoms with Gasteiger partial charge >= 0.3 is 0 Å². The highest BCUT2D eigenvalue weighted by molar-refractivity contribution is 6.33. The van der Waals surface area contributed by atoms with Crippen LogP contribution >= 0.6 is 24.0 Å². The summed E-state index contributed by atoms with van der Waals surface area (Å²) in [6, 6.07) is 11.5. The summed E-state index contributed by atoms with van der Waals surface area (Å²) in [6.07, 6.45) is 0. The minimum Gasteiger partial charge on any atom is -0.338 e. The van der Waals surface area contributed by atoms with Gasteiger partial charge < -0.3 is 10.6 Å². The second kappa shape index (κ2) is 8.13. The first kappa shape index (κ1) is 19.6. The van der Waals surface area contributed by atoms with E-state index in [2.05, 4.69) is 0 Å². The molecule has 2 atom stereocenters. The van der Waals surface area contributed by atoms with Gasteiger partial charge in [0, 0.05) is 19.0 Å². The summed E-state index contributed by atoms with van der Waals surface area (Å²) < 4.78 is 26.7. The molecule has 3 rings (SSSR count). The van der Waals surface area contributed by atoms with E-state index in [9.17, 15) is 13.6 Å². The third-order valence-electron chi connectivity index (χ3n) is 4.50. The Balaban J connectivity index is 0.00000225. The van der Waals surface area contributed by atoms with Crippen molar-refractivity contribution in [3.05, 3.63) is 70.2 Å². The zero-order valence-corrected chi connectivity index (χ0v) is 14.9. The van der Waals surface area contributed by atoms with Crippen molar-refractivity contribution >= 4 is 29.9 Å². The number of amides is 1. The lowest BCUT2D eigenvalue weighted by atomic mass is 9.89. The Hall–Kier alpha value is -1.69. The first-order chi connectivity index (χ1) is 11.5. The molecule has 0 spiro atoms. The van der Waals surface area contributed by atoms with E-state index in [0.29, 0.717) is 19.6 Å². The Labute approximate surface area is 156 Å². The molecule has 1 amide bonds. The Morgan fingerprint density at radius 2 is 1.80 bits per heavy atom. The first-order valence-corrected chi connectivity index (χ1v) is 8.08. The maximum Gasteiger partial charge on any atom is 0.255 e. The zero-order valence-electron chi connectivity index (χ0n) is 13.3. The van der Waals surface area contributed by atoms with Gasteiger partial charge in [-0.15, -0.1) is 12.4 Å². The van der Waals surface area contributed by atoms with Crippen molar-refractivity contribution < 1.29 is 13.6 Å². The number of hydrogen-bond acceptors (Lipinski definition) is 2. The molecule has 2 N–H and O–H groups in total. The summed E-state index contributed by atoms with van der Waals surface area (Å²) in [6.45, 7) is 1.37. The molecule has 1 heterocycles. The van der Waals surface area contributed by atoms with E-state index < -0.39 is 17.5 Å². The standard InChI is InChI=1S/C18H17ClF2N2O.ClH/c19-15-7-17(21)16(20)6-13(15)18(24)23-9-12(8-22)14(10-23)11-4-2-1-3-5-11;/h1-7,12,14H,8-10,22H2;1H/t12-,14+;/m1./s1. The lowest BCUT2D eigenvalue weighted by molar-refractivity contribution is 0.0786. The minimum atomic E-state index is -1.09. The molecule has 2 aromatic rings. The summed E-state index contributed by atoms with van der Waals surface area (Å²) in [7, 11) is 0. The number of halogens is 4. The lowest BCUT2D eigenvalue weighted by Gasteiger charge is -2.17. The van der Waals surface area contributed by atoms with Crippen molar-refractivity contribution in [2.45, 2.75) is 5.92 Å². The van der Waals surface area contributed by atoms with Gasteiger partial charge in [0.05, 0.1) is 10.6 Å². The fourth-order valence-corrected chi connectivity index (χ4v) is 3.44. The van der Waals surface area contributed by atoms with Crippen LogP contribution in [0.1, 0.15) is 21.8 Å². The molecule has 0 unspecified atom stereocenters. The molecule has 1 aliphatic heterocycles. The molecule has 2 aromatic carbocycles. The van der Waals surface area contributed by atoms with Gasteiger partial charge in [0.1, 0.15) is 0 Å². The van der Waals surface area contributed by atoms with Gasteiger partial charge in [0.15, 0.2) is 11.6 Å². The highest BCUT2D eigenvalue weighted by Crippen LogP contribution is 2.33. The molecular formula is C18H18Cl2F2N2O. The minimum absolute atomic E-state index is 0. The molecule has 25 heavy (non-hydrogen) atoms. The number of carbonyl (C=O) groups is 1. The average Bonchev–Trinajstić information content (AvgIpc) is 3.02. The summed E-state index contributed by atoms with van der Waals surface area (Å²) in [5.74, 6) is -2.34. The van der Waals surface area contributed by atoms with E-state index in [1.807, 2.05) is 30.3 Å². The normalized spacial score (nSPS) is 19.6.